The molecule has 110 valence electrons. The molecule has 0 radical (unpaired) electrons. The number of nitrogens with zero attached hydrogens (tertiary/aromatic N) is 1. The molecule has 0 N–H and O–H groups in total. The molecule has 4 aromatic rings. The van der Waals surface area contributed by atoms with Gasteiger partial charge in [0, 0.05) is 12.1 Å². The number of hydrogen-bond acceptors (Lipinski definition) is 2. The van der Waals surface area contributed by atoms with E-state index in [2.05, 4.69) is 30.3 Å². The van der Waals surface area contributed by atoms with Crippen LogP contribution < -0.4 is 0 Å². The van der Waals surface area contributed by atoms with Crippen molar-refractivity contribution in [2.75, 3.05) is 0 Å². The Morgan fingerprint density at radius 1 is 0.696 bits per heavy atom. The van der Waals surface area contributed by atoms with E-state index in [9.17, 15) is 10.1 Å². The number of nitro groups is 1. The third kappa shape index (κ3) is 2.23. The van der Waals surface area contributed by atoms with Gasteiger partial charge in [0.25, 0.3) is 5.69 Å². The Hall–Kier alpha value is -3.20. The zero-order chi connectivity index (χ0) is 15.8. The van der Waals surface area contributed by atoms with Crippen LogP contribution in [0, 0.1) is 10.1 Å². The number of rotatable bonds is 2. The third-order valence-electron chi connectivity index (χ3n) is 4.14. The summed E-state index contributed by atoms with van der Waals surface area (Å²) in [6.45, 7) is 0. The molecule has 0 amide bonds. The predicted molar refractivity (Wildman–Crippen MR) is 93.5 cm³/mol. The lowest BCUT2D eigenvalue weighted by atomic mass is 9.93. The molecule has 4 aromatic carbocycles. The summed E-state index contributed by atoms with van der Waals surface area (Å²) < 4.78 is 0. The molecule has 3 nitrogen and oxygen atoms in total. The molecular formula is C20H13NO2. The van der Waals surface area contributed by atoms with Crippen LogP contribution in [0.15, 0.2) is 78.9 Å². The van der Waals surface area contributed by atoms with E-state index in [4.69, 9.17) is 0 Å². The second-order valence-electron chi connectivity index (χ2n) is 5.50. The van der Waals surface area contributed by atoms with E-state index in [1.165, 1.54) is 11.5 Å². The molecule has 0 aliphatic heterocycles. The van der Waals surface area contributed by atoms with Gasteiger partial charge in [-0.2, -0.15) is 0 Å². The second-order valence-corrected chi connectivity index (χ2v) is 5.50. The van der Waals surface area contributed by atoms with E-state index < -0.39 is 0 Å². The number of fused-ring (bicyclic) bond motifs is 3. The Morgan fingerprint density at radius 3 is 2.17 bits per heavy atom. The molecule has 0 saturated heterocycles. The van der Waals surface area contributed by atoms with Crippen LogP contribution in [0.3, 0.4) is 0 Å². The van der Waals surface area contributed by atoms with Gasteiger partial charge < -0.3 is 0 Å². The first-order valence-corrected chi connectivity index (χ1v) is 7.39. The highest BCUT2D eigenvalue weighted by molar-refractivity contribution is 6.13. The quantitative estimate of drug-likeness (QED) is 0.276. The Morgan fingerprint density at radius 2 is 1.39 bits per heavy atom. The average Bonchev–Trinajstić information content (AvgIpc) is 2.61. The van der Waals surface area contributed by atoms with Crippen molar-refractivity contribution in [2.45, 2.75) is 0 Å². The lowest BCUT2D eigenvalue weighted by Gasteiger charge is -2.10. The first-order chi connectivity index (χ1) is 11.2. The lowest BCUT2D eigenvalue weighted by Crippen LogP contribution is -1.89. The SMILES string of the molecule is O=[N+]([O-])c1cccc(-c2cc3ccccc3c3ccccc23)c1. The summed E-state index contributed by atoms with van der Waals surface area (Å²) in [5, 5.41) is 15.7. The summed E-state index contributed by atoms with van der Waals surface area (Å²) in [4.78, 5) is 10.7. The average molecular weight is 299 g/mol. The molecule has 0 saturated carbocycles. The molecule has 3 heteroatoms. The molecule has 0 aromatic heterocycles. The molecule has 0 aliphatic carbocycles. The van der Waals surface area contributed by atoms with Crippen molar-refractivity contribution >= 4 is 27.2 Å². The third-order valence-corrected chi connectivity index (χ3v) is 4.14. The fraction of sp³-hybridized carbons (Fsp3) is 0. The van der Waals surface area contributed by atoms with E-state index in [-0.39, 0.29) is 10.6 Å². The zero-order valence-electron chi connectivity index (χ0n) is 12.3. The number of non-ortho nitro benzene ring substituents is 1. The predicted octanol–water partition coefficient (Wildman–Crippen LogP) is 5.57. The minimum absolute atomic E-state index is 0.111. The lowest BCUT2D eigenvalue weighted by molar-refractivity contribution is -0.384. The Balaban J connectivity index is 2.09. The Labute approximate surface area is 133 Å². The molecule has 0 atom stereocenters. The Kier molecular flexibility index (Phi) is 3.05. The first kappa shape index (κ1) is 13.5. The topological polar surface area (TPSA) is 43.1 Å². The summed E-state index contributed by atoms with van der Waals surface area (Å²) in [7, 11) is 0. The van der Waals surface area contributed by atoms with Gasteiger partial charge in [0.2, 0.25) is 0 Å². The summed E-state index contributed by atoms with van der Waals surface area (Å²) in [6.07, 6.45) is 0. The highest BCUT2D eigenvalue weighted by Gasteiger charge is 2.11. The van der Waals surface area contributed by atoms with Crippen molar-refractivity contribution in [3.63, 3.8) is 0 Å². The first-order valence-electron chi connectivity index (χ1n) is 7.39. The molecule has 0 bridgehead atoms. The second kappa shape index (κ2) is 5.21. The van der Waals surface area contributed by atoms with Gasteiger partial charge in [-0.3, -0.25) is 10.1 Å². The van der Waals surface area contributed by atoms with Crippen LogP contribution >= 0.6 is 0 Å². The van der Waals surface area contributed by atoms with Crippen molar-refractivity contribution in [1.29, 1.82) is 0 Å². The van der Waals surface area contributed by atoms with Crippen molar-refractivity contribution in [1.82, 2.24) is 0 Å². The normalized spacial score (nSPS) is 11.0. The zero-order valence-corrected chi connectivity index (χ0v) is 12.3. The van der Waals surface area contributed by atoms with Crippen molar-refractivity contribution < 1.29 is 4.92 Å². The van der Waals surface area contributed by atoms with Crippen LogP contribution in [0.4, 0.5) is 5.69 Å². The summed E-state index contributed by atoms with van der Waals surface area (Å²) in [5.74, 6) is 0. The number of nitro benzene ring substituents is 1. The van der Waals surface area contributed by atoms with E-state index in [1.54, 1.807) is 12.1 Å². The number of benzene rings is 4. The van der Waals surface area contributed by atoms with Gasteiger partial charge >= 0.3 is 0 Å². The van der Waals surface area contributed by atoms with Crippen molar-refractivity contribution in [3.05, 3.63) is 89.0 Å². The molecule has 0 aliphatic rings. The maximum absolute atomic E-state index is 11.1. The van der Waals surface area contributed by atoms with Crippen LogP contribution in [0.1, 0.15) is 0 Å². The van der Waals surface area contributed by atoms with E-state index >= 15 is 0 Å². The van der Waals surface area contributed by atoms with E-state index in [0.29, 0.717) is 0 Å². The van der Waals surface area contributed by atoms with Crippen LogP contribution in [0.5, 0.6) is 0 Å². The minimum atomic E-state index is -0.354. The van der Waals surface area contributed by atoms with Crippen molar-refractivity contribution in [3.8, 4) is 11.1 Å². The molecule has 4 rings (SSSR count). The van der Waals surface area contributed by atoms with Gasteiger partial charge in [0.1, 0.15) is 0 Å². The fourth-order valence-electron chi connectivity index (χ4n) is 3.08. The summed E-state index contributed by atoms with van der Waals surface area (Å²) >= 11 is 0. The van der Waals surface area contributed by atoms with E-state index in [0.717, 1.165) is 27.3 Å². The highest BCUT2D eigenvalue weighted by Crippen LogP contribution is 2.35. The van der Waals surface area contributed by atoms with E-state index in [1.807, 2.05) is 30.3 Å². The van der Waals surface area contributed by atoms with Gasteiger partial charge in [0.05, 0.1) is 4.92 Å². The van der Waals surface area contributed by atoms with Crippen LogP contribution in [-0.2, 0) is 0 Å². The van der Waals surface area contributed by atoms with Crippen LogP contribution in [-0.4, -0.2) is 4.92 Å². The van der Waals surface area contributed by atoms with Gasteiger partial charge in [-0.05, 0) is 38.7 Å². The monoisotopic (exact) mass is 299 g/mol. The summed E-state index contributed by atoms with van der Waals surface area (Å²) in [5.41, 5.74) is 1.99. The largest absolute Gasteiger partial charge is 0.270 e. The van der Waals surface area contributed by atoms with Crippen molar-refractivity contribution in [2.24, 2.45) is 0 Å². The molecule has 0 heterocycles. The van der Waals surface area contributed by atoms with Crippen LogP contribution in [0.25, 0.3) is 32.7 Å². The maximum Gasteiger partial charge on any atom is 0.270 e. The Bertz CT molecular complexity index is 1050. The fourth-order valence-corrected chi connectivity index (χ4v) is 3.08. The smallest absolute Gasteiger partial charge is 0.258 e. The van der Waals surface area contributed by atoms with Gasteiger partial charge in [0.15, 0.2) is 0 Å². The van der Waals surface area contributed by atoms with Gasteiger partial charge in [-0.1, -0.05) is 60.7 Å². The molecule has 0 unspecified atom stereocenters. The van der Waals surface area contributed by atoms with Gasteiger partial charge in [-0.25, -0.2) is 0 Å². The molecule has 0 spiro atoms. The van der Waals surface area contributed by atoms with Crippen LogP contribution in [0.2, 0.25) is 0 Å². The highest BCUT2D eigenvalue weighted by atomic mass is 16.6. The molecule has 23 heavy (non-hydrogen) atoms. The van der Waals surface area contributed by atoms with Gasteiger partial charge in [-0.15, -0.1) is 0 Å². The molecule has 0 fully saturated rings. The minimum Gasteiger partial charge on any atom is -0.258 e. The summed E-state index contributed by atoms with van der Waals surface area (Å²) in [6, 6.07) is 25.3. The number of hydrogen-bond donors (Lipinski definition) is 0. The molecular weight excluding hydrogens is 286 g/mol. The standard InChI is InChI=1S/C20H13NO2/c22-21(23)16-8-5-7-14(12-16)20-13-15-6-1-2-9-17(15)18-10-3-4-11-19(18)20/h1-13H. The maximum atomic E-state index is 11.1.